The fraction of sp³-hybridized carbons (Fsp3) is 0.200. The zero-order chi connectivity index (χ0) is 9.52. The van der Waals surface area contributed by atoms with E-state index in [0.29, 0.717) is 6.61 Å². The summed E-state index contributed by atoms with van der Waals surface area (Å²) in [4.78, 5) is 4.40. The van der Waals surface area contributed by atoms with E-state index in [2.05, 4.69) is 4.84 Å². The Bertz CT molecular complexity index is 267. The van der Waals surface area contributed by atoms with Gasteiger partial charge < -0.3 is 9.57 Å². The highest BCUT2D eigenvalue weighted by Gasteiger charge is 1.88. The SMILES string of the molecule is COc1ccc(/C=C/CON)cc1. The van der Waals surface area contributed by atoms with Crippen LogP contribution in [0, 0.1) is 0 Å². The first-order valence-corrected chi connectivity index (χ1v) is 3.99. The van der Waals surface area contributed by atoms with Gasteiger partial charge in [-0.05, 0) is 17.7 Å². The summed E-state index contributed by atoms with van der Waals surface area (Å²) in [6, 6.07) is 7.74. The van der Waals surface area contributed by atoms with Gasteiger partial charge >= 0.3 is 0 Å². The van der Waals surface area contributed by atoms with E-state index >= 15 is 0 Å². The van der Waals surface area contributed by atoms with Gasteiger partial charge in [0.15, 0.2) is 0 Å². The maximum absolute atomic E-state index is 5.03. The molecule has 3 heteroatoms. The molecule has 2 N–H and O–H groups in total. The van der Waals surface area contributed by atoms with Crippen molar-refractivity contribution in [3.63, 3.8) is 0 Å². The predicted molar refractivity (Wildman–Crippen MR) is 52.2 cm³/mol. The highest BCUT2D eigenvalue weighted by atomic mass is 16.6. The van der Waals surface area contributed by atoms with E-state index in [1.54, 1.807) is 7.11 Å². The Morgan fingerprint density at radius 1 is 1.31 bits per heavy atom. The molecule has 13 heavy (non-hydrogen) atoms. The zero-order valence-electron chi connectivity index (χ0n) is 7.57. The van der Waals surface area contributed by atoms with E-state index in [9.17, 15) is 0 Å². The van der Waals surface area contributed by atoms with E-state index in [1.807, 2.05) is 36.4 Å². The van der Waals surface area contributed by atoms with E-state index in [4.69, 9.17) is 10.6 Å². The minimum atomic E-state index is 0.423. The van der Waals surface area contributed by atoms with Crippen molar-refractivity contribution >= 4 is 6.08 Å². The molecular formula is C10H13NO2. The predicted octanol–water partition coefficient (Wildman–Crippen LogP) is 1.60. The average molecular weight is 179 g/mol. The first-order chi connectivity index (χ1) is 6.36. The van der Waals surface area contributed by atoms with Crippen molar-refractivity contribution in [2.75, 3.05) is 13.7 Å². The van der Waals surface area contributed by atoms with Crippen molar-refractivity contribution in [3.8, 4) is 5.75 Å². The Morgan fingerprint density at radius 2 is 2.00 bits per heavy atom. The molecule has 0 spiro atoms. The van der Waals surface area contributed by atoms with Gasteiger partial charge in [-0.15, -0.1) is 0 Å². The summed E-state index contributed by atoms with van der Waals surface area (Å²) >= 11 is 0. The lowest BCUT2D eigenvalue weighted by Crippen LogP contribution is -1.96. The summed E-state index contributed by atoms with van der Waals surface area (Å²) in [7, 11) is 1.65. The Hall–Kier alpha value is -1.32. The maximum atomic E-state index is 5.03. The zero-order valence-corrected chi connectivity index (χ0v) is 7.57. The van der Waals surface area contributed by atoms with E-state index in [1.165, 1.54) is 0 Å². The van der Waals surface area contributed by atoms with Gasteiger partial charge in [-0.25, -0.2) is 5.90 Å². The van der Waals surface area contributed by atoms with Crippen molar-refractivity contribution < 1.29 is 9.57 Å². The molecule has 70 valence electrons. The molecule has 0 atom stereocenters. The summed E-state index contributed by atoms with van der Waals surface area (Å²) in [6.07, 6.45) is 3.79. The molecule has 0 saturated heterocycles. The molecule has 0 aliphatic heterocycles. The van der Waals surface area contributed by atoms with Gasteiger partial charge in [0, 0.05) is 0 Å². The van der Waals surface area contributed by atoms with Gasteiger partial charge in [-0.2, -0.15) is 0 Å². The third-order valence-corrected chi connectivity index (χ3v) is 1.62. The number of methoxy groups -OCH3 is 1. The smallest absolute Gasteiger partial charge is 0.118 e. The maximum Gasteiger partial charge on any atom is 0.118 e. The Morgan fingerprint density at radius 3 is 2.54 bits per heavy atom. The van der Waals surface area contributed by atoms with Gasteiger partial charge in [0.2, 0.25) is 0 Å². The summed E-state index contributed by atoms with van der Waals surface area (Å²) in [6.45, 7) is 0.423. The van der Waals surface area contributed by atoms with Crippen LogP contribution < -0.4 is 10.6 Å². The number of ether oxygens (including phenoxy) is 1. The molecule has 0 aromatic heterocycles. The van der Waals surface area contributed by atoms with Gasteiger partial charge in [0.25, 0.3) is 0 Å². The molecule has 1 aromatic carbocycles. The van der Waals surface area contributed by atoms with Crippen LogP contribution in [0.25, 0.3) is 6.08 Å². The summed E-state index contributed by atoms with van der Waals surface area (Å²) in [5, 5.41) is 0. The van der Waals surface area contributed by atoms with Crippen LogP contribution >= 0.6 is 0 Å². The highest BCUT2D eigenvalue weighted by molar-refractivity contribution is 5.50. The number of hydrogen-bond acceptors (Lipinski definition) is 3. The third kappa shape index (κ3) is 3.27. The van der Waals surface area contributed by atoms with Crippen molar-refractivity contribution in [2.24, 2.45) is 5.90 Å². The molecule has 3 nitrogen and oxygen atoms in total. The number of rotatable bonds is 4. The molecular weight excluding hydrogens is 166 g/mol. The summed E-state index contributed by atoms with van der Waals surface area (Å²) < 4.78 is 5.03. The largest absolute Gasteiger partial charge is 0.497 e. The highest BCUT2D eigenvalue weighted by Crippen LogP contribution is 2.11. The Kier molecular flexibility index (Phi) is 4.02. The van der Waals surface area contributed by atoms with Gasteiger partial charge in [0.1, 0.15) is 5.75 Å². The number of hydrogen-bond donors (Lipinski definition) is 1. The molecule has 0 aliphatic rings. The first-order valence-electron chi connectivity index (χ1n) is 3.99. The van der Waals surface area contributed by atoms with E-state index < -0.39 is 0 Å². The second-order valence-corrected chi connectivity index (χ2v) is 2.51. The Balaban J connectivity index is 2.58. The lowest BCUT2D eigenvalue weighted by Gasteiger charge is -1.98. The van der Waals surface area contributed by atoms with Gasteiger partial charge in [-0.3, -0.25) is 0 Å². The summed E-state index contributed by atoms with van der Waals surface area (Å²) in [5.41, 5.74) is 1.10. The van der Waals surface area contributed by atoms with Crippen molar-refractivity contribution in [2.45, 2.75) is 0 Å². The van der Waals surface area contributed by atoms with Gasteiger partial charge in [0.05, 0.1) is 13.7 Å². The molecule has 0 bridgehead atoms. The van der Waals surface area contributed by atoms with Crippen LogP contribution in [-0.2, 0) is 4.84 Å². The van der Waals surface area contributed by atoms with Crippen LogP contribution in [0.15, 0.2) is 30.3 Å². The topological polar surface area (TPSA) is 44.5 Å². The minimum Gasteiger partial charge on any atom is -0.497 e. The van der Waals surface area contributed by atoms with Crippen molar-refractivity contribution in [3.05, 3.63) is 35.9 Å². The first kappa shape index (κ1) is 9.77. The molecule has 1 rings (SSSR count). The molecule has 0 fully saturated rings. The number of nitrogens with two attached hydrogens (primary N) is 1. The third-order valence-electron chi connectivity index (χ3n) is 1.62. The van der Waals surface area contributed by atoms with Crippen LogP contribution in [0.5, 0.6) is 5.75 Å². The number of benzene rings is 1. The molecule has 0 amide bonds. The van der Waals surface area contributed by atoms with Crippen molar-refractivity contribution in [1.82, 2.24) is 0 Å². The van der Waals surface area contributed by atoms with Crippen LogP contribution in [0.4, 0.5) is 0 Å². The lowest BCUT2D eigenvalue weighted by atomic mass is 10.2. The molecule has 0 saturated carbocycles. The molecule has 0 heterocycles. The quantitative estimate of drug-likeness (QED) is 0.714. The fourth-order valence-corrected chi connectivity index (χ4v) is 0.955. The van der Waals surface area contributed by atoms with Crippen LogP contribution in [-0.4, -0.2) is 13.7 Å². The van der Waals surface area contributed by atoms with Crippen LogP contribution in [0.3, 0.4) is 0 Å². The van der Waals surface area contributed by atoms with E-state index in [0.717, 1.165) is 11.3 Å². The Labute approximate surface area is 77.7 Å². The second kappa shape index (κ2) is 5.35. The molecule has 0 unspecified atom stereocenters. The van der Waals surface area contributed by atoms with Crippen LogP contribution in [0.2, 0.25) is 0 Å². The molecule has 1 aromatic rings. The summed E-state index contributed by atoms with van der Waals surface area (Å²) in [5.74, 6) is 5.72. The van der Waals surface area contributed by atoms with Crippen LogP contribution in [0.1, 0.15) is 5.56 Å². The lowest BCUT2D eigenvalue weighted by molar-refractivity contribution is 0.168. The second-order valence-electron chi connectivity index (χ2n) is 2.51. The minimum absolute atomic E-state index is 0.423. The average Bonchev–Trinajstić information content (AvgIpc) is 2.19. The molecule has 0 radical (unpaired) electrons. The normalized spacial score (nSPS) is 10.6. The van der Waals surface area contributed by atoms with Gasteiger partial charge in [-0.1, -0.05) is 24.3 Å². The molecule has 0 aliphatic carbocycles. The van der Waals surface area contributed by atoms with Crippen molar-refractivity contribution in [1.29, 1.82) is 0 Å². The fourth-order valence-electron chi connectivity index (χ4n) is 0.955. The monoisotopic (exact) mass is 179 g/mol. The van der Waals surface area contributed by atoms with E-state index in [-0.39, 0.29) is 0 Å². The standard InChI is InChI=1S/C10H13NO2/c1-12-10-6-4-9(5-7-10)3-2-8-13-11/h2-7H,8,11H2,1H3/b3-2+.